The fraction of sp³-hybridized carbons (Fsp3) is 0.312. The predicted molar refractivity (Wildman–Crippen MR) is 75.4 cm³/mol. The molecule has 0 bridgehead atoms. The van der Waals surface area contributed by atoms with Crippen molar-refractivity contribution in [1.82, 2.24) is 4.57 Å². The zero-order valence-corrected chi connectivity index (χ0v) is 11.6. The van der Waals surface area contributed by atoms with Crippen LogP contribution in [-0.4, -0.2) is 11.7 Å². The maximum Gasteiger partial charge on any atom is 0.123 e. The van der Waals surface area contributed by atoms with Crippen LogP contribution in [0.25, 0.3) is 0 Å². The van der Waals surface area contributed by atoms with Crippen LogP contribution in [-0.2, 0) is 13.0 Å². The number of nitrogens with zero attached hydrogens (tertiary/aromatic N) is 2. The van der Waals surface area contributed by atoms with Gasteiger partial charge in [0.25, 0.3) is 0 Å². The molecule has 0 spiro atoms. The van der Waals surface area contributed by atoms with Gasteiger partial charge in [-0.25, -0.2) is 0 Å². The lowest BCUT2D eigenvalue weighted by atomic mass is 10.2. The minimum absolute atomic E-state index is 0.721. The third-order valence-corrected chi connectivity index (χ3v) is 3.37. The highest BCUT2D eigenvalue weighted by molar-refractivity contribution is 5.38. The standard InChI is InChI=1S/C16H18N2O/c1-4-14-9-12(2)18(16(14)10-17)11-13-5-7-15(19-3)8-6-13/h5-9H,4,11H2,1-3H3. The fourth-order valence-electron chi connectivity index (χ4n) is 2.27. The molecule has 0 amide bonds. The molecule has 1 aromatic carbocycles. The highest BCUT2D eigenvalue weighted by Crippen LogP contribution is 2.19. The minimum atomic E-state index is 0.721. The van der Waals surface area contributed by atoms with Gasteiger partial charge >= 0.3 is 0 Å². The molecule has 0 aliphatic rings. The smallest absolute Gasteiger partial charge is 0.123 e. The molecule has 3 nitrogen and oxygen atoms in total. The topological polar surface area (TPSA) is 38.0 Å². The van der Waals surface area contributed by atoms with Gasteiger partial charge < -0.3 is 9.30 Å². The third kappa shape index (κ3) is 2.63. The molecule has 0 atom stereocenters. The summed E-state index contributed by atoms with van der Waals surface area (Å²) >= 11 is 0. The molecule has 0 radical (unpaired) electrons. The maximum absolute atomic E-state index is 9.31. The Balaban J connectivity index is 2.32. The Morgan fingerprint density at radius 3 is 2.47 bits per heavy atom. The molecular formula is C16H18N2O. The fourth-order valence-corrected chi connectivity index (χ4v) is 2.27. The molecular weight excluding hydrogens is 236 g/mol. The molecule has 0 unspecified atom stereocenters. The van der Waals surface area contributed by atoms with Crippen molar-refractivity contribution < 1.29 is 4.74 Å². The lowest BCUT2D eigenvalue weighted by Gasteiger charge is -2.09. The van der Waals surface area contributed by atoms with Crippen molar-refractivity contribution in [2.24, 2.45) is 0 Å². The van der Waals surface area contributed by atoms with Gasteiger partial charge in [-0.1, -0.05) is 19.1 Å². The summed E-state index contributed by atoms with van der Waals surface area (Å²) in [6.45, 7) is 4.84. The zero-order valence-electron chi connectivity index (χ0n) is 11.6. The first-order valence-corrected chi connectivity index (χ1v) is 6.41. The SMILES string of the molecule is CCc1cc(C)n(Cc2ccc(OC)cc2)c1C#N. The number of hydrogen-bond acceptors (Lipinski definition) is 2. The van der Waals surface area contributed by atoms with Gasteiger partial charge in [-0.15, -0.1) is 0 Å². The Morgan fingerprint density at radius 2 is 1.95 bits per heavy atom. The van der Waals surface area contributed by atoms with Crippen LogP contribution in [0, 0.1) is 18.3 Å². The normalized spacial score (nSPS) is 10.2. The lowest BCUT2D eigenvalue weighted by molar-refractivity contribution is 0.414. The number of benzene rings is 1. The number of rotatable bonds is 4. The summed E-state index contributed by atoms with van der Waals surface area (Å²) in [6.07, 6.45) is 0.888. The Kier molecular flexibility index (Phi) is 3.91. The van der Waals surface area contributed by atoms with Crippen molar-refractivity contribution in [2.75, 3.05) is 7.11 Å². The van der Waals surface area contributed by atoms with Gasteiger partial charge in [0, 0.05) is 12.2 Å². The van der Waals surface area contributed by atoms with E-state index in [2.05, 4.69) is 23.6 Å². The molecule has 2 rings (SSSR count). The Morgan fingerprint density at radius 1 is 1.26 bits per heavy atom. The van der Waals surface area contributed by atoms with Crippen molar-refractivity contribution >= 4 is 0 Å². The first-order chi connectivity index (χ1) is 9.19. The first kappa shape index (κ1) is 13.2. The van der Waals surface area contributed by atoms with Crippen LogP contribution in [0.15, 0.2) is 30.3 Å². The summed E-state index contributed by atoms with van der Waals surface area (Å²) < 4.78 is 7.22. The average Bonchev–Trinajstić information content (AvgIpc) is 2.75. The van der Waals surface area contributed by atoms with Gasteiger partial charge in [-0.05, 0) is 42.7 Å². The molecule has 1 aromatic heterocycles. The second-order valence-electron chi connectivity index (χ2n) is 4.56. The van der Waals surface area contributed by atoms with E-state index in [-0.39, 0.29) is 0 Å². The highest BCUT2D eigenvalue weighted by atomic mass is 16.5. The molecule has 0 aliphatic carbocycles. The molecule has 0 saturated heterocycles. The van der Waals surface area contributed by atoms with E-state index in [4.69, 9.17) is 4.74 Å². The highest BCUT2D eigenvalue weighted by Gasteiger charge is 2.11. The third-order valence-electron chi connectivity index (χ3n) is 3.37. The van der Waals surface area contributed by atoms with Gasteiger partial charge in [0.05, 0.1) is 7.11 Å². The van der Waals surface area contributed by atoms with Crippen LogP contribution < -0.4 is 4.74 Å². The molecule has 3 heteroatoms. The summed E-state index contributed by atoms with van der Waals surface area (Å²) in [5, 5.41) is 9.31. The Labute approximate surface area is 114 Å². The van der Waals surface area contributed by atoms with E-state index in [1.807, 2.05) is 31.2 Å². The second-order valence-corrected chi connectivity index (χ2v) is 4.56. The molecule has 0 aliphatic heterocycles. The first-order valence-electron chi connectivity index (χ1n) is 6.41. The van der Waals surface area contributed by atoms with E-state index in [9.17, 15) is 5.26 Å². The van der Waals surface area contributed by atoms with Crippen LogP contribution in [0.4, 0.5) is 0 Å². The van der Waals surface area contributed by atoms with Crippen LogP contribution in [0.5, 0.6) is 5.75 Å². The molecule has 0 saturated carbocycles. The summed E-state index contributed by atoms with van der Waals surface area (Å²) in [5.74, 6) is 0.850. The minimum Gasteiger partial charge on any atom is -0.497 e. The average molecular weight is 254 g/mol. The van der Waals surface area contributed by atoms with E-state index in [1.165, 1.54) is 5.56 Å². The number of nitriles is 1. The van der Waals surface area contributed by atoms with Crippen molar-refractivity contribution in [3.63, 3.8) is 0 Å². The molecule has 19 heavy (non-hydrogen) atoms. The van der Waals surface area contributed by atoms with Gasteiger partial charge in [0.1, 0.15) is 17.5 Å². The van der Waals surface area contributed by atoms with Crippen molar-refractivity contribution in [3.8, 4) is 11.8 Å². The summed E-state index contributed by atoms with van der Waals surface area (Å²) in [4.78, 5) is 0. The van der Waals surface area contributed by atoms with Crippen LogP contribution in [0.1, 0.15) is 29.4 Å². The van der Waals surface area contributed by atoms with E-state index >= 15 is 0 Å². The van der Waals surface area contributed by atoms with Gasteiger partial charge in [-0.2, -0.15) is 5.26 Å². The number of aryl methyl sites for hydroxylation is 2. The van der Waals surface area contributed by atoms with Crippen molar-refractivity contribution in [2.45, 2.75) is 26.8 Å². The van der Waals surface area contributed by atoms with Gasteiger partial charge in [0.2, 0.25) is 0 Å². The molecule has 0 fully saturated rings. The predicted octanol–water partition coefficient (Wildman–Crippen LogP) is 3.29. The summed E-state index contributed by atoms with van der Waals surface area (Å²) in [6, 6.07) is 12.4. The van der Waals surface area contributed by atoms with Gasteiger partial charge in [-0.3, -0.25) is 0 Å². The molecule has 98 valence electrons. The number of aromatic nitrogens is 1. The van der Waals surface area contributed by atoms with Crippen molar-refractivity contribution in [3.05, 3.63) is 52.8 Å². The molecule has 1 heterocycles. The number of methoxy groups -OCH3 is 1. The maximum atomic E-state index is 9.31. The Hall–Kier alpha value is -2.21. The Bertz CT molecular complexity index is 603. The lowest BCUT2D eigenvalue weighted by Crippen LogP contribution is -2.05. The monoisotopic (exact) mass is 254 g/mol. The second kappa shape index (κ2) is 5.62. The number of ether oxygens (including phenoxy) is 1. The summed E-state index contributed by atoms with van der Waals surface area (Å²) in [5.41, 5.74) is 4.19. The van der Waals surface area contributed by atoms with Crippen LogP contribution in [0.3, 0.4) is 0 Å². The van der Waals surface area contributed by atoms with E-state index in [0.717, 1.165) is 35.7 Å². The molecule has 0 N–H and O–H groups in total. The van der Waals surface area contributed by atoms with Gasteiger partial charge in [0.15, 0.2) is 0 Å². The van der Waals surface area contributed by atoms with Crippen LogP contribution >= 0.6 is 0 Å². The van der Waals surface area contributed by atoms with E-state index < -0.39 is 0 Å². The largest absolute Gasteiger partial charge is 0.497 e. The van der Waals surface area contributed by atoms with E-state index in [0.29, 0.717) is 0 Å². The van der Waals surface area contributed by atoms with Crippen molar-refractivity contribution in [1.29, 1.82) is 5.26 Å². The van der Waals surface area contributed by atoms with E-state index in [1.54, 1.807) is 7.11 Å². The summed E-state index contributed by atoms with van der Waals surface area (Å²) in [7, 11) is 1.66. The van der Waals surface area contributed by atoms with Crippen LogP contribution in [0.2, 0.25) is 0 Å². The number of hydrogen-bond donors (Lipinski definition) is 0. The quantitative estimate of drug-likeness (QED) is 0.839. The molecule has 2 aromatic rings. The zero-order chi connectivity index (χ0) is 13.8.